The number of nitrogens with zero attached hydrogens (tertiary/aromatic N) is 1. The van der Waals surface area contributed by atoms with Crippen LogP contribution in [0.3, 0.4) is 0 Å². The minimum Gasteiger partial charge on any atom is -0.465 e. The number of carbonyl (C=O) groups excluding carboxylic acids is 2. The molecule has 0 radical (unpaired) electrons. The molecule has 1 aliphatic rings. The number of carbonyl (C=O) groups is 2. The van der Waals surface area contributed by atoms with Crippen LogP contribution in [-0.2, 0) is 28.2 Å². The Balaban J connectivity index is 1.76. The summed E-state index contributed by atoms with van der Waals surface area (Å²) in [6.07, 6.45) is -0.147. The zero-order valence-electron chi connectivity index (χ0n) is 25.3. The van der Waals surface area contributed by atoms with Crippen molar-refractivity contribution in [3.8, 4) is 0 Å². The Bertz CT molecular complexity index is 1440. The fraction of sp³-hybridized carbons (Fsp3) is 0.438. The average molecular weight is 609 g/mol. The molecule has 4 rings (SSSR count). The van der Waals surface area contributed by atoms with Crippen LogP contribution in [0.2, 0.25) is 5.04 Å². The van der Waals surface area contributed by atoms with Gasteiger partial charge in [0, 0.05) is 18.2 Å². The van der Waals surface area contributed by atoms with Crippen LogP contribution in [0.25, 0.3) is 0 Å². The van der Waals surface area contributed by atoms with Crippen molar-refractivity contribution in [3.63, 3.8) is 0 Å². The second-order valence-electron chi connectivity index (χ2n) is 11.5. The van der Waals surface area contributed by atoms with Crippen molar-refractivity contribution in [1.29, 1.82) is 0 Å². The van der Waals surface area contributed by atoms with Gasteiger partial charge in [-0.1, -0.05) is 81.4 Å². The maximum absolute atomic E-state index is 13.1. The zero-order valence-corrected chi connectivity index (χ0v) is 26.3. The molecule has 11 heteroatoms. The summed E-state index contributed by atoms with van der Waals surface area (Å²) in [5.41, 5.74) is -1.29. The first kappa shape index (κ1) is 32.1. The molecule has 2 heterocycles. The van der Waals surface area contributed by atoms with Gasteiger partial charge in [-0.3, -0.25) is 23.9 Å². The molecule has 3 aromatic rings. The van der Waals surface area contributed by atoms with Gasteiger partial charge in [-0.05, 0) is 35.7 Å². The van der Waals surface area contributed by atoms with Crippen LogP contribution in [0.15, 0.2) is 82.5 Å². The summed E-state index contributed by atoms with van der Waals surface area (Å²) in [6, 6.07) is 21.5. The third-order valence-electron chi connectivity index (χ3n) is 7.77. The van der Waals surface area contributed by atoms with E-state index in [1.54, 1.807) is 13.8 Å². The Hall–Kier alpha value is -3.80. The number of aromatic nitrogens is 2. The Morgan fingerprint density at radius 3 is 1.93 bits per heavy atom. The van der Waals surface area contributed by atoms with Crippen LogP contribution < -0.4 is 21.6 Å². The lowest BCUT2D eigenvalue weighted by molar-refractivity contribution is -0.167. The number of rotatable bonds is 11. The van der Waals surface area contributed by atoms with Crippen molar-refractivity contribution in [2.45, 2.75) is 58.4 Å². The molecule has 1 aliphatic heterocycles. The highest BCUT2D eigenvalue weighted by atomic mass is 28.4. The fourth-order valence-corrected chi connectivity index (χ4v) is 10.6. The zero-order chi connectivity index (χ0) is 31.2. The van der Waals surface area contributed by atoms with Gasteiger partial charge in [0.25, 0.3) is 13.9 Å². The summed E-state index contributed by atoms with van der Waals surface area (Å²) in [4.78, 5) is 53.2. The van der Waals surface area contributed by atoms with Crippen LogP contribution in [0, 0.1) is 11.8 Å². The van der Waals surface area contributed by atoms with Crippen molar-refractivity contribution in [2.24, 2.45) is 11.8 Å². The number of benzene rings is 2. The van der Waals surface area contributed by atoms with Crippen LogP contribution in [-0.4, -0.2) is 55.7 Å². The molecular weight excluding hydrogens is 568 g/mol. The molecule has 0 spiro atoms. The number of aromatic amines is 1. The number of nitrogens with one attached hydrogen (secondary N) is 1. The van der Waals surface area contributed by atoms with Crippen molar-refractivity contribution in [1.82, 2.24) is 9.55 Å². The maximum Gasteiger partial charge on any atom is 0.330 e. The SMILES string of the molecule is CCOC(=O)C(C(=O)OCC)[C@H]1C[C@@H](CO[Si](c2ccccc2)(c2ccccc2)C(C)(C)C)O[C@H]1n1ccc(=O)[nH]c1=O. The molecule has 0 aliphatic carbocycles. The summed E-state index contributed by atoms with van der Waals surface area (Å²) in [6.45, 7) is 10.0. The molecule has 0 unspecified atom stereocenters. The predicted molar refractivity (Wildman–Crippen MR) is 164 cm³/mol. The Morgan fingerprint density at radius 1 is 0.930 bits per heavy atom. The number of H-pyrrole nitrogens is 1. The smallest absolute Gasteiger partial charge is 0.330 e. The molecule has 1 fully saturated rings. The average Bonchev–Trinajstić information content (AvgIpc) is 3.37. The van der Waals surface area contributed by atoms with E-state index in [-0.39, 0.29) is 31.3 Å². The fourth-order valence-electron chi connectivity index (χ4n) is 5.97. The van der Waals surface area contributed by atoms with Gasteiger partial charge in [0.2, 0.25) is 0 Å². The molecule has 0 saturated carbocycles. The van der Waals surface area contributed by atoms with E-state index in [1.807, 2.05) is 36.4 Å². The molecule has 1 aromatic heterocycles. The number of ether oxygens (including phenoxy) is 3. The summed E-state index contributed by atoms with van der Waals surface area (Å²) in [5.74, 6) is -3.69. The maximum atomic E-state index is 13.1. The topological polar surface area (TPSA) is 126 Å². The highest BCUT2D eigenvalue weighted by Crippen LogP contribution is 2.42. The molecule has 230 valence electrons. The minimum absolute atomic E-state index is 0.0615. The van der Waals surface area contributed by atoms with Crippen LogP contribution in [0.5, 0.6) is 0 Å². The summed E-state index contributed by atoms with van der Waals surface area (Å²) < 4.78 is 25.2. The lowest BCUT2D eigenvalue weighted by Gasteiger charge is -2.43. The summed E-state index contributed by atoms with van der Waals surface area (Å²) in [5, 5.41) is 1.89. The van der Waals surface area contributed by atoms with Gasteiger partial charge in [0.15, 0.2) is 5.92 Å². The number of esters is 2. The normalized spacial score (nSPS) is 18.9. The van der Waals surface area contributed by atoms with E-state index in [4.69, 9.17) is 18.6 Å². The van der Waals surface area contributed by atoms with Crippen LogP contribution in [0.1, 0.15) is 47.3 Å². The van der Waals surface area contributed by atoms with E-state index < -0.39 is 55.7 Å². The Labute approximate surface area is 252 Å². The van der Waals surface area contributed by atoms with Crippen LogP contribution in [0.4, 0.5) is 0 Å². The van der Waals surface area contributed by atoms with Gasteiger partial charge in [0.1, 0.15) is 6.23 Å². The Morgan fingerprint density at radius 2 is 1.47 bits per heavy atom. The van der Waals surface area contributed by atoms with E-state index in [0.717, 1.165) is 10.4 Å². The van der Waals surface area contributed by atoms with Gasteiger partial charge in [0.05, 0.1) is 25.9 Å². The van der Waals surface area contributed by atoms with Crippen molar-refractivity contribution >= 4 is 30.6 Å². The summed E-state index contributed by atoms with van der Waals surface area (Å²) >= 11 is 0. The lowest BCUT2D eigenvalue weighted by Crippen LogP contribution is -2.67. The third-order valence-corrected chi connectivity index (χ3v) is 12.8. The second-order valence-corrected chi connectivity index (χ2v) is 15.8. The van der Waals surface area contributed by atoms with Crippen molar-refractivity contribution in [3.05, 3.63) is 93.8 Å². The van der Waals surface area contributed by atoms with Gasteiger partial charge in [-0.2, -0.15) is 0 Å². The first-order valence-corrected chi connectivity index (χ1v) is 16.5. The van der Waals surface area contributed by atoms with E-state index >= 15 is 0 Å². The standard InChI is InChI=1S/C32H40N2O8Si/c1-6-39-29(36)27(30(37)40-7-2)25-20-22(42-28(25)34-19-18-26(35)33-31(34)38)21-41-43(32(3,4)5,23-14-10-8-11-15-23)24-16-12-9-13-17-24/h8-19,22,25,27-28H,6-7,20-21H2,1-5H3,(H,33,35,38)/t22-,25+,28+/m0/s1. The molecule has 1 N–H and O–H groups in total. The van der Waals surface area contributed by atoms with E-state index in [0.29, 0.717) is 0 Å². The Kier molecular flexibility index (Phi) is 10.2. The molecule has 1 saturated heterocycles. The molecule has 2 aromatic carbocycles. The van der Waals surface area contributed by atoms with Crippen LogP contribution >= 0.6 is 0 Å². The molecule has 0 amide bonds. The highest BCUT2D eigenvalue weighted by molar-refractivity contribution is 6.99. The minimum atomic E-state index is -2.93. The molecular formula is C32H40N2O8Si. The van der Waals surface area contributed by atoms with Crippen molar-refractivity contribution in [2.75, 3.05) is 19.8 Å². The second kappa shape index (κ2) is 13.7. The van der Waals surface area contributed by atoms with Crippen molar-refractivity contribution < 1.29 is 28.2 Å². The van der Waals surface area contributed by atoms with Gasteiger partial charge < -0.3 is 18.6 Å². The van der Waals surface area contributed by atoms with Gasteiger partial charge >= 0.3 is 17.6 Å². The summed E-state index contributed by atoms with van der Waals surface area (Å²) in [7, 11) is -2.93. The molecule has 3 atom stereocenters. The molecule has 10 nitrogen and oxygen atoms in total. The van der Waals surface area contributed by atoms with Gasteiger partial charge in [-0.25, -0.2) is 4.79 Å². The van der Waals surface area contributed by atoms with Gasteiger partial charge in [-0.15, -0.1) is 0 Å². The lowest BCUT2D eigenvalue weighted by atomic mass is 9.87. The third kappa shape index (κ3) is 6.74. The predicted octanol–water partition coefficient (Wildman–Crippen LogP) is 2.76. The monoisotopic (exact) mass is 608 g/mol. The van der Waals surface area contributed by atoms with E-state index in [2.05, 4.69) is 50.0 Å². The largest absolute Gasteiger partial charge is 0.465 e. The van der Waals surface area contributed by atoms with E-state index in [9.17, 15) is 19.2 Å². The first-order valence-electron chi connectivity index (χ1n) is 14.6. The molecule has 0 bridgehead atoms. The highest BCUT2D eigenvalue weighted by Gasteiger charge is 2.53. The first-order chi connectivity index (χ1) is 20.5. The van der Waals surface area contributed by atoms with E-state index in [1.165, 1.54) is 16.8 Å². The number of hydrogen-bond acceptors (Lipinski definition) is 8. The number of hydrogen-bond donors (Lipinski definition) is 1. The molecule has 43 heavy (non-hydrogen) atoms. The quantitative estimate of drug-likeness (QED) is 0.200.